The zero-order chi connectivity index (χ0) is 11.9. The molecule has 1 atom stereocenters. The summed E-state index contributed by atoms with van der Waals surface area (Å²) in [6.07, 6.45) is 10.3. The van der Waals surface area contributed by atoms with Crippen molar-refractivity contribution in [1.82, 2.24) is 5.32 Å². The van der Waals surface area contributed by atoms with Crippen molar-refractivity contribution in [2.45, 2.75) is 70.8 Å². The van der Waals surface area contributed by atoms with Crippen molar-refractivity contribution in [2.75, 3.05) is 13.1 Å². The molecule has 1 rings (SSSR count). The van der Waals surface area contributed by atoms with E-state index in [2.05, 4.69) is 12.2 Å². The Bertz CT molecular complexity index is 172. The van der Waals surface area contributed by atoms with Crippen molar-refractivity contribution in [3.63, 3.8) is 0 Å². The highest BCUT2D eigenvalue weighted by Crippen LogP contribution is 2.22. The van der Waals surface area contributed by atoms with Gasteiger partial charge in [-0.05, 0) is 38.6 Å². The van der Waals surface area contributed by atoms with Gasteiger partial charge in [-0.3, -0.25) is 0 Å². The van der Waals surface area contributed by atoms with E-state index in [1.165, 1.54) is 38.5 Å². The van der Waals surface area contributed by atoms with Crippen LogP contribution in [-0.4, -0.2) is 23.8 Å². The van der Waals surface area contributed by atoms with Crippen LogP contribution in [0.25, 0.3) is 0 Å². The average Bonchev–Trinajstić information content (AvgIpc) is 2.46. The van der Waals surface area contributed by atoms with Crippen molar-refractivity contribution in [3.05, 3.63) is 0 Å². The Morgan fingerprint density at radius 1 is 1.19 bits per heavy atom. The van der Waals surface area contributed by atoms with E-state index in [9.17, 15) is 5.11 Å². The summed E-state index contributed by atoms with van der Waals surface area (Å²) in [5.74, 6) is 0.847. The summed E-state index contributed by atoms with van der Waals surface area (Å²) in [7, 11) is 0. The largest absolute Gasteiger partial charge is 0.389 e. The number of hydrogen-bond donors (Lipinski definition) is 2. The van der Waals surface area contributed by atoms with Crippen LogP contribution in [0.5, 0.6) is 0 Å². The van der Waals surface area contributed by atoms with Crippen molar-refractivity contribution < 1.29 is 5.11 Å². The molecule has 1 unspecified atom stereocenters. The zero-order valence-electron chi connectivity index (χ0n) is 11.1. The summed E-state index contributed by atoms with van der Waals surface area (Å²) in [6, 6.07) is 0. The minimum Gasteiger partial charge on any atom is -0.389 e. The Morgan fingerprint density at radius 2 is 1.81 bits per heavy atom. The highest BCUT2D eigenvalue weighted by atomic mass is 16.3. The maximum atomic E-state index is 10.0. The van der Waals surface area contributed by atoms with Crippen LogP contribution >= 0.6 is 0 Å². The molecule has 0 aromatic heterocycles. The van der Waals surface area contributed by atoms with E-state index < -0.39 is 5.60 Å². The first-order valence-electron chi connectivity index (χ1n) is 7.07. The van der Waals surface area contributed by atoms with Gasteiger partial charge >= 0.3 is 0 Å². The van der Waals surface area contributed by atoms with Gasteiger partial charge in [0, 0.05) is 6.54 Å². The molecular formula is C14H29NO. The fraction of sp³-hybridized carbons (Fsp3) is 1.00. The molecule has 0 aromatic rings. The van der Waals surface area contributed by atoms with Crippen molar-refractivity contribution in [3.8, 4) is 0 Å². The van der Waals surface area contributed by atoms with Gasteiger partial charge in [0.1, 0.15) is 0 Å². The van der Waals surface area contributed by atoms with Gasteiger partial charge in [-0.1, -0.05) is 39.0 Å². The quantitative estimate of drug-likeness (QED) is 0.683. The molecule has 1 aliphatic carbocycles. The summed E-state index contributed by atoms with van der Waals surface area (Å²) >= 11 is 0. The molecule has 16 heavy (non-hydrogen) atoms. The number of aliphatic hydroxyl groups is 1. The van der Waals surface area contributed by atoms with Gasteiger partial charge in [0.2, 0.25) is 0 Å². The number of rotatable bonds is 6. The third kappa shape index (κ3) is 5.86. The Morgan fingerprint density at radius 3 is 2.38 bits per heavy atom. The molecule has 1 saturated carbocycles. The molecule has 0 spiro atoms. The van der Waals surface area contributed by atoms with Gasteiger partial charge in [-0.25, -0.2) is 0 Å². The lowest BCUT2D eigenvalue weighted by Crippen LogP contribution is -2.39. The maximum absolute atomic E-state index is 10.0. The predicted octanol–water partition coefficient (Wildman–Crippen LogP) is 3.10. The van der Waals surface area contributed by atoms with Crippen LogP contribution in [0, 0.1) is 5.92 Å². The van der Waals surface area contributed by atoms with Crippen LogP contribution in [0.3, 0.4) is 0 Å². The Labute approximate surface area is 101 Å². The molecule has 0 aromatic carbocycles. The first-order chi connectivity index (χ1) is 7.64. The third-order valence-corrected chi connectivity index (χ3v) is 3.70. The fourth-order valence-corrected chi connectivity index (χ4v) is 2.74. The lowest BCUT2D eigenvalue weighted by molar-refractivity contribution is 0.0490. The molecular weight excluding hydrogens is 198 g/mol. The zero-order valence-corrected chi connectivity index (χ0v) is 11.1. The molecule has 0 bridgehead atoms. The molecule has 2 nitrogen and oxygen atoms in total. The third-order valence-electron chi connectivity index (χ3n) is 3.70. The first-order valence-corrected chi connectivity index (χ1v) is 7.07. The molecule has 0 saturated heterocycles. The van der Waals surface area contributed by atoms with Gasteiger partial charge in [-0.2, -0.15) is 0 Å². The van der Waals surface area contributed by atoms with E-state index in [4.69, 9.17) is 0 Å². The van der Waals surface area contributed by atoms with Crippen LogP contribution in [0.1, 0.15) is 65.2 Å². The van der Waals surface area contributed by atoms with E-state index in [0.29, 0.717) is 0 Å². The topological polar surface area (TPSA) is 32.3 Å². The van der Waals surface area contributed by atoms with Gasteiger partial charge < -0.3 is 10.4 Å². The standard InChI is InChI=1S/C14H29NO/c1-3-10-14(2,16)12-15-11-13-8-6-4-5-7-9-13/h13,15-16H,3-12H2,1-2H3. The second-order valence-corrected chi connectivity index (χ2v) is 5.74. The average molecular weight is 227 g/mol. The monoisotopic (exact) mass is 227 g/mol. The first kappa shape index (κ1) is 14.0. The number of hydrogen-bond acceptors (Lipinski definition) is 2. The molecule has 1 aliphatic rings. The lowest BCUT2D eigenvalue weighted by Gasteiger charge is -2.24. The van der Waals surface area contributed by atoms with E-state index in [-0.39, 0.29) is 0 Å². The predicted molar refractivity (Wildman–Crippen MR) is 69.6 cm³/mol. The smallest absolute Gasteiger partial charge is 0.0743 e. The molecule has 0 heterocycles. The van der Waals surface area contributed by atoms with Gasteiger partial charge in [0.25, 0.3) is 0 Å². The molecule has 0 amide bonds. The minimum absolute atomic E-state index is 0.514. The fourth-order valence-electron chi connectivity index (χ4n) is 2.74. The Kier molecular flexibility index (Phi) is 6.37. The van der Waals surface area contributed by atoms with E-state index in [1.807, 2.05) is 6.92 Å². The van der Waals surface area contributed by atoms with Crippen LogP contribution in [0.15, 0.2) is 0 Å². The highest BCUT2D eigenvalue weighted by molar-refractivity contribution is 4.76. The summed E-state index contributed by atoms with van der Waals surface area (Å²) in [6.45, 7) is 5.91. The van der Waals surface area contributed by atoms with E-state index in [0.717, 1.165) is 31.8 Å². The molecule has 1 fully saturated rings. The highest BCUT2D eigenvalue weighted by Gasteiger charge is 2.19. The van der Waals surface area contributed by atoms with Crippen molar-refractivity contribution in [1.29, 1.82) is 0 Å². The molecule has 0 radical (unpaired) electrons. The number of nitrogens with one attached hydrogen (secondary N) is 1. The Hall–Kier alpha value is -0.0800. The Balaban J connectivity index is 2.13. The normalized spacial score (nSPS) is 22.7. The SMILES string of the molecule is CCCC(C)(O)CNCC1CCCCCC1. The molecule has 2 N–H and O–H groups in total. The second-order valence-electron chi connectivity index (χ2n) is 5.74. The van der Waals surface area contributed by atoms with Crippen molar-refractivity contribution in [2.24, 2.45) is 5.92 Å². The summed E-state index contributed by atoms with van der Waals surface area (Å²) < 4.78 is 0. The van der Waals surface area contributed by atoms with Gasteiger partial charge in [0.05, 0.1) is 5.60 Å². The minimum atomic E-state index is -0.514. The van der Waals surface area contributed by atoms with E-state index in [1.54, 1.807) is 0 Å². The van der Waals surface area contributed by atoms with Crippen LogP contribution in [0.4, 0.5) is 0 Å². The molecule has 96 valence electrons. The molecule has 2 heteroatoms. The summed E-state index contributed by atoms with van der Waals surface area (Å²) in [5.41, 5.74) is -0.514. The van der Waals surface area contributed by atoms with Crippen LogP contribution < -0.4 is 5.32 Å². The van der Waals surface area contributed by atoms with E-state index >= 15 is 0 Å². The summed E-state index contributed by atoms with van der Waals surface area (Å²) in [5, 5.41) is 13.5. The van der Waals surface area contributed by atoms with Crippen LogP contribution in [0.2, 0.25) is 0 Å². The van der Waals surface area contributed by atoms with Gasteiger partial charge in [0.15, 0.2) is 0 Å². The van der Waals surface area contributed by atoms with Gasteiger partial charge in [-0.15, -0.1) is 0 Å². The summed E-state index contributed by atoms with van der Waals surface area (Å²) in [4.78, 5) is 0. The van der Waals surface area contributed by atoms with Crippen molar-refractivity contribution >= 4 is 0 Å². The molecule has 0 aliphatic heterocycles. The van der Waals surface area contributed by atoms with Crippen LogP contribution in [-0.2, 0) is 0 Å². The maximum Gasteiger partial charge on any atom is 0.0743 e. The second kappa shape index (κ2) is 7.29. The lowest BCUT2D eigenvalue weighted by atomic mass is 9.98.